The third-order valence-corrected chi connectivity index (χ3v) is 5.31. The Hall–Kier alpha value is -0.380. The molecule has 0 aromatic heterocycles. The maximum absolute atomic E-state index is 3.46. The van der Waals surface area contributed by atoms with Crippen LogP contribution in [0.3, 0.4) is 0 Å². The van der Waals surface area contributed by atoms with Crippen LogP contribution in [0.2, 0.25) is 0 Å². The molecule has 1 atom stereocenters. The molecule has 2 rings (SSSR count). The fourth-order valence-corrected chi connectivity index (χ4v) is 4.01. The average molecular weight is 279 g/mol. The summed E-state index contributed by atoms with van der Waals surface area (Å²) in [7, 11) is 0. The van der Waals surface area contributed by atoms with Crippen molar-refractivity contribution in [2.24, 2.45) is 0 Å². The van der Waals surface area contributed by atoms with E-state index in [1.165, 1.54) is 45.4 Å². The molecule has 0 aromatic carbocycles. The SMILES string of the molecule is CC=C(C(C)N1CCNCC1)C(C)(C)N1CCCCC1. The first-order valence-corrected chi connectivity index (χ1v) is 8.44. The Kier molecular flexibility index (Phi) is 5.65. The minimum atomic E-state index is 0.194. The lowest BCUT2D eigenvalue weighted by Gasteiger charge is -2.47. The van der Waals surface area contributed by atoms with Crippen LogP contribution in [0.25, 0.3) is 0 Å². The second-order valence-electron chi connectivity index (χ2n) is 6.81. The largest absolute Gasteiger partial charge is 0.314 e. The summed E-state index contributed by atoms with van der Waals surface area (Å²) in [6.07, 6.45) is 6.51. The van der Waals surface area contributed by atoms with Gasteiger partial charge in [-0.2, -0.15) is 0 Å². The number of hydrogen-bond donors (Lipinski definition) is 1. The number of nitrogens with one attached hydrogen (secondary N) is 1. The van der Waals surface area contributed by atoms with Crippen LogP contribution in [0.5, 0.6) is 0 Å². The summed E-state index contributed by atoms with van der Waals surface area (Å²) in [6.45, 7) is 16.6. The lowest BCUT2D eigenvalue weighted by Crippen LogP contribution is -2.55. The van der Waals surface area contributed by atoms with Crippen molar-refractivity contribution in [3.05, 3.63) is 11.6 Å². The zero-order chi connectivity index (χ0) is 14.6. The van der Waals surface area contributed by atoms with Gasteiger partial charge in [-0.05, 0) is 59.2 Å². The van der Waals surface area contributed by atoms with Crippen molar-refractivity contribution in [3.8, 4) is 0 Å². The molecular weight excluding hydrogens is 246 g/mol. The van der Waals surface area contributed by atoms with E-state index in [0.29, 0.717) is 6.04 Å². The predicted molar refractivity (Wildman–Crippen MR) is 87.2 cm³/mol. The van der Waals surface area contributed by atoms with Gasteiger partial charge in [0.05, 0.1) is 0 Å². The highest BCUT2D eigenvalue weighted by Gasteiger charge is 2.35. The fraction of sp³-hybridized carbons (Fsp3) is 0.882. The van der Waals surface area contributed by atoms with Crippen LogP contribution < -0.4 is 5.32 Å². The van der Waals surface area contributed by atoms with E-state index in [-0.39, 0.29) is 5.54 Å². The molecule has 1 unspecified atom stereocenters. The van der Waals surface area contributed by atoms with Crippen molar-refractivity contribution in [1.29, 1.82) is 0 Å². The first-order chi connectivity index (χ1) is 9.57. The van der Waals surface area contributed by atoms with Crippen molar-refractivity contribution < 1.29 is 0 Å². The molecule has 0 aliphatic carbocycles. The van der Waals surface area contributed by atoms with Gasteiger partial charge in [-0.25, -0.2) is 0 Å². The molecule has 2 aliphatic heterocycles. The molecule has 2 aliphatic rings. The smallest absolute Gasteiger partial charge is 0.0379 e. The highest BCUT2D eigenvalue weighted by Crippen LogP contribution is 2.31. The third kappa shape index (κ3) is 3.44. The van der Waals surface area contributed by atoms with Crippen LogP contribution in [0.4, 0.5) is 0 Å². The molecule has 0 aromatic rings. The van der Waals surface area contributed by atoms with Gasteiger partial charge in [0.2, 0.25) is 0 Å². The van der Waals surface area contributed by atoms with Crippen molar-refractivity contribution >= 4 is 0 Å². The Labute approximate surface area is 125 Å². The highest BCUT2D eigenvalue weighted by molar-refractivity contribution is 5.23. The van der Waals surface area contributed by atoms with E-state index in [9.17, 15) is 0 Å². The van der Waals surface area contributed by atoms with Gasteiger partial charge in [0.15, 0.2) is 0 Å². The van der Waals surface area contributed by atoms with E-state index in [0.717, 1.165) is 13.1 Å². The Bertz CT molecular complexity index is 323. The van der Waals surface area contributed by atoms with Crippen molar-refractivity contribution in [1.82, 2.24) is 15.1 Å². The summed E-state index contributed by atoms with van der Waals surface area (Å²) in [5.74, 6) is 0. The van der Waals surface area contributed by atoms with E-state index in [2.05, 4.69) is 48.9 Å². The standard InChI is InChI=1S/C17H33N3/c1-5-16(15(2)19-13-9-18-10-14-19)17(3,4)20-11-7-6-8-12-20/h5,15,18H,6-14H2,1-4H3. The van der Waals surface area contributed by atoms with E-state index < -0.39 is 0 Å². The molecule has 3 heteroatoms. The molecule has 0 radical (unpaired) electrons. The monoisotopic (exact) mass is 279 g/mol. The molecule has 2 saturated heterocycles. The molecule has 20 heavy (non-hydrogen) atoms. The van der Waals surface area contributed by atoms with E-state index in [1.54, 1.807) is 5.57 Å². The lowest BCUT2D eigenvalue weighted by molar-refractivity contribution is 0.101. The average Bonchev–Trinajstić information content (AvgIpc) is 2.49. The van der Waals surface area contributed by atoms with Crippen LogP contribution >= 0.6 is 0 Å². The van der Waals surface area contributed by atoms with Crippen LogP contribution in [0, 0.1) is 0 Å². The Balaban J connectivity index is 2.08. The minimum Gasteiger partial charge on any atom is -0.314 e. The van der Waals surface area contributed by atoms with Gasteiger partial charge >= 0.3 is 0 Å². The van der Waals surface area contributed by atoms with Gasteiger partial charge in [-0.1, -0.05) is 12.5 Å². The number of piperidine rings is 1. The molecule has 0 amide bonds. The summed E-state index contributed by atoms with van der Waals surface area (Å²) in [5.41, 5.74) is 1.79. The topological polar surface area (TPSA) is 18.5 Å². The quantitative estimate of drug-likeness (QED) is 0.798. The predicted octanol–water partition coefficient (Wildman–Crippen LogP) is 2.49. The van der Waals surface area contributed by atoms with Crippen LogP contribution in [0.15, 0.2) is 11.6 Å². The number of allylic oxidation sites excluding steroid dienone is 1. The van der Waals surface area contributed by atoms with E-state index in [4.69, 9.17) is 0 Å². The van der Waals surface area contributed by atoms with E-state index in [1.807, 2.05) is 0 Å². The highest BCUT2D eigenvalue weighted by atomic mass is 15.2. The zero-order valence-electron chi connectivity index (χ0n) is 13.9. The van der Waals surface area contributed by atoms with Gasteiger partial charge in [0, 0.05) is 37.8 Å². The Morgan fingerprint density at radius 1 is 1.05 bits per heavy atom. The van der Waals surface area contributed by atoms with Crippen molar-refractivity contribution in [3.63, 3.8) is 0 Å². The van der Waals surface area contributed by atoms with Crippen molar-refractivity contribution in [2.45, 2.75) is 58.5 Å². The second kappa shape index (κ2) is 7.06. The summed E-state index contributed by atoms with van der Waals surface area (Å²) in [4.78, 5) is 5.34. The van der Waals surface area contributed by atoms with Crippen LogP contribution in [0.1, 0.15) is 47.0 Å². The normalized spacial score (nSPS) is 25.7. The van der Waals surface area contributed by atoms with Crippen LogP contribution in [-0.4, -0.2) is 60.6 Å². The third-order valence-electron chi connectivity index (χ3n) is 5.31. The summed E-state index contributed by atoms with van der Waals surface area (Å²) in [6, 6.07) is 0.555. The number of likely N-dealkylation sites (tertiary alicyclic amines) is 1. The number of rotatable bonds is 4. The molecule has 2 fully saturated rings. The maximum Gasteiger partial charge on any atom is 0.0379 e. The number of hydrogen-bond acceptors (Lipinski definition) is 3. The number of piperazine rings is 1. The van der Waals surface area contributed by atoms with Gasteiger partial charge in [0.1, 0.15) is 0 Å². The molecule has 3 nitrogen and oxygen atoms in total. The number of nitrogens with zero attached hydrogens (tertiary/aromatic N) is 2. The Morgan fingerprint density at radius 3 is 2.20 bits per heavy atom. The lowest BCUT2D eigenvalue weighted by atomic mass is 9.84. The van der Waals surface area contributed by atoms with E-state index >= 15 is 0 Å². The minimum absolute atomic E-state index is 0.194. The molecule has 116 valence electrons. The second-order valence-corrected chi connectivity index (χ2v) is 6.81. The summed E-state index contributed by atoms with van der Waals surface area (Å²) in [5, 5.41) is 3.46. The zero-order valence-corrected chi connectivity index (χ0v) is 13.9. The maximum atomic E-state index is 3.46. The van der Waals surface area contributed by atoms with Crippen molar-refractivity contribution in [2.75, 3.05) is 39.3 Å². The molecule has 0 saturated carbocycles. The van der Waals surface area contributed by atoms with Gasteiger partial charge < -0.3 is 5.32 Å². The van der Waals surface area contributed by atoms with Crippen LogP contribution in [-0.2, 0) is 0 Å². The van der Waals surface area contributed by atoms with Gasteiger partial charge in [-0.3, -0.25) is 9.80 Å². The molecule has 2 heterocycles. The molecule has 0 bridgehead atoms. The summed E-state index contributed by atoms with van der Waals surface area (Å²) >= 11 is 0. The van der Waals surface area contributed by atoms with Gasteiger partial charge in [0.25, 0.3) is 0 Å². The first kappa shape index (κ1) is 16.0. The van der Waals surface area contributed by atoms with Gasteiger partial charge in [-0.15, -0.1) is 0 Å². The first-order valence-electron chi connectivity index (χ1n) is 8.44. The summed E-state index contributed by atoms with van der Waals surface area (Å²) < 4.78 is 0. The molecule has 1 N–H and O–H groups in total. The molecule has 0 spiro atoms. The fourth-order valence-electron chi connectivity index (χ4n) is 4.01. The molecular formula is C17H33N3. The Morgan fingerprint density at radius 2 is 1.65 bits per heavy atom.